The topological polar surface area (TPSA) is 100 Å². The SMILES string of the molecule is CC(C)CC/C(N)=N/OCC(=O)Nc1cccc(C#N)c1. The second-order valence-corrected chi connectivity index (χ2v) is 5.03. The molecule has 0 spiro atoms. The molecule has 0 saturated carbocycles. The fourth-order valence-electron chi connectivity index (χ4n) is 1.52. The van der Waals surface area contributed by atoms with Gasteiger partial charge in [-0.1, -0.05) is 25.1 Å². The van der Waals surface area contributed by atoms with Crippen LogP contribution in [0.15, 0.2) is 29.4 Å². The van der Waals surface area contributed by atoms with Crippen LogP contribution in [0.4, 0.5) is 5.69 Å². The standard InChI is InChI=1S/C15H20N4O2/c1-11(2)6-7-14(17)19-21-10-15(20)18-13-5-3-4-12(8-13)9-16/h3-5,8,11H,6-7,10H2,1-2H3,(H2,17,19)(H,18,20). The summed E-state index contributed by atoms with van der Waals surface area (Å²) in [6, 6.07) is 8.63. The number of hydrogen-bond acceptors (Lipinski definition) is 4. The maximum Gasteiger partial charge on any atom is 0.265 e. The summed E-state index contributed by atoms with van der Waals surface area (Å²) in [5.41, 5.74) is 6.67. The van der Waals surface area contributed by atoms with Gasteiger partial charge in [0.15, 0.2) is 6.61 Å². The first-order chi connectivity index (χ1) is 10.0. The number of rotatable bonds is 7. The fourth-order valence-corrected chi connectivity index (χ4v) is 1.52. The van der Waals surface area contributed by atoms with Crippen molar-refractivity contribution in [2.45, 2.75) is 26.7 Å². The fraction of sp³-hybridized carbons (Fsp3) is 0.400. The molecule has 21 heavy (non-hydrogen) atoms. The smallest absolute Gasteiger partial charge is 0.265 e. The van der Waals surface area contributed by atoms with Crippen LogP contribution in [0, 0.1) is 17.2 Å². The third kappa shape index (κ3) is 6.97. The number of nitrogens with one attached hydrogen (secondary N) is 1. The molecule has 1 rings (SSSR count). The zero-order valence-corrected chi connectivity index (χ0v) is 12.3. The number of nitrogens with two attached hydrogens (primary N) is 1. The highest BCUT2D eigenvalue weighted by Gasteiger charge is 2.04. The number of nitriles is 1. The lowest BCUT2D eigenvalue weighted by molar-refractivity contribution is -0.120. The minimum atomic E-state index is -0.356. The van der Waals surface area contributed by atoms with Crippen LogP contribution >= 0.6 is 0 Å². The van der Waals surface area contributed by atoms with Crippen molar-refractivity contribution in [3.63, 3.8) is 0 Å². The van der Waals surface area contributed by atoms with Crippen LogP contribution in [0.5, 0.6) is 0 Å². The maximum atomic E-state index is 11.6. The molecule has 0 radical (unpaired) electrons. The summed E-state index contributed by atoms with van der Waals surface area (Å²) in [6.07, 6.45) is 1.56. The summed E-state index contributed by atoms with van der Waals surface area (Å²) in [5, 5.41) is 15.1. The zero-order valence-electron chi connectivity index (χ0n) is 12.3. The first-order valence-electron chi connectivity index (χ1n) is 6.75. The van der Waals surface area contributed by atoms with Gasteiger partial charge in [0.05, 0.1) is 11.6 Å². The molecule has 0 fully saturated rings. The molecule has 0 aromatic heterocycles. The largest absolute Gasteiger partial charge is 0.384 e. The third-order valence-electron chi connectivity index (χ3n) is 2.63. The molecule has 1 aromatic carbocycles. The summed E-state index contributed by atoms with van der Waals surface area (Å²) in [5.74, 6) is 0.558. The number of hydrogen-bond donors (Lipinski definition) is 2. The average molecular weight is 288 g/mol. The molecule has 0 unspecified atom stereocenters. The molecule has 6 heteroatoms. The average Bonchev–Trinajstić information content (AvgIpc) is 2.45. The van der Waals surface area contributed by atoms with Crippen molar-refractivity contribution in [1.29, 1.82) is 5.26 Å². The minimum absolute atomic E-state index is 0.223. The first-order valence-corrected chi connectivity index (χ1v) is 6.75. The van der Waals surface area contributed by atoms with Gasteiger partial charge in [0, 0.05) is 12.1 Å². The second-order valence-electron chi connectivity index (χ2n) is 5.03. The quantitative estimate of drug-likeness (QED) is 0.456. The number of carbonyl (C=O) groups is 1. The monoisotopic (exact) mass is 288 g/mol. The predicted octanol–water partition coefficient (Wildman–Crippen LogP) is 2.22. The van der Waals surface area contributed by atoms with Gasteiger partial charge in [-0.2, -0.15) is 5.26 Å². The van der Waals surface area contributed by atoms with Gasteiger partial charge in [-0.15, -0.1) is 0 Å². The van der Waals surface area contributed by atoms with Crippen LogP contribution in [-0.2, 0) is 9.63 Å². The Morgan fingerprint density at radius 1 is 1.52 bits per heavy atom. The van der Waals surface area contributed by atoms with Gasteiger partial charge >= 0.3 is 0 Å². The maximum absolute atomic E-state index is 11.6. The third-order valence-corrected chi connectivity index (χ3v) is 2.63. The van der Waals surface area contributed by atoms with Crippen LogP contribution in [0.25, 0.3) is 0 Å². The van der Waals surface area contributed by atoms with Crippen LogP contribution in [0.3, 0.4) is 0 Å². The number of nitrogens with zero attached hydrogens (tertiary/aromatic N) is 2. The van der Waals surface area contributed by atoms with Crippen LogP contribution in [-0.4, -0.2) is 18.3 Å². The van der Waals surface area contributed by atoms with Gasteiger partial charge < -0.3 is 15.9 Å². The van der Waals surface area contributed by atoms with E-state index in [-0.39, 0.29) is 12.5 Å². The number of anilines is 1. The number of benzene rings is 1. The van der Waals surface area contributed by atoms with Gasteiger partial charge in [-0.3, -0.25) is 4.79 Å². The minimum Gasteiger partial charge on any atom is -0.384 e. The van der Waals surface area contributed by atoms with Crippen molar-refractivity contribution < 1.29 is 9.63 Å². The highest BCUT2D eigenvalue weighted by Crippen LogP contribution is 2.09. The lowest BCUT2D eigenvalue weighted by atomic mass is 10.1. The lowest BCUT2D eigenvalue weighted by Gasteiger charge is -2.06. The van der Waals surface area contributed by atoms with E-state index in [2.05, 4.69) is 24.3 Å². The highest BCUT2D eigenvalue weighted by atomic mass is 16.6. The molecule has 0 atom stereocenters. The molecule has 112 valence electrons. The van der Waals surface area contributed by atoms with Gasteiger partial charge in [0.1, 0.15) is 5.84 Å². The van der Waals surface area contributed by atoms with E-state index in [4.69, 9.17) is 15.8 Å². The summed E-state index contributed by atoms with van der Waals surface area (Å²) < 4.78 is 0. The Morgan fingerprint density at radius 2 is 2.29 bits per heavy atom. The first kappa shape index (κ1) is 16.5. The Labute approximate surface area is 124 Å². The summed E-state index contributed by atoms with van der Waals surface area (Å²) in [7, 11) is 0. The molecule has 0 heterocycles. The number of amidine groups is 1. The number of carbonyl (C=O) groups excluding carboxylic acids is 1. The molecule has 3 N–H and O–H groups in total. The molecular formula is C15H20N4O2. The molecule has 1 amide bonds. The Morgan fingerprint density at radius 3 is 2.95 bits per heavy atom. The summed E-state index contributed by atoms with van der Waals surface area (Å²) in [6.45, 7) is 3.97. The predicted molar refractivity (Wildman–Crippen MR) is 81.4 cm³/mol. The van der Waals surface area contributed by atoms with Crippen molar-refractivity contribution in [1.82, 2.24) is 0 Å². The highest BCUT2D eigenvalue weighted by molar-refractivity contribution is 5.91. The molecule has 0 bridgehead atoms. The van der Waals surface area contributed by atoms with Crippen molar-refractivity contribution >= 4 is 17.4 Å². The Bertz CT molecular complexity index is 547. The van der Waals surface area contributed by atoms with Gasteiger partial charge in [0.2, 0.25) is 0 Å². The van der Waals surface area contributed by atoms with Crippen LogP contribution < -0.4 is 11.1 Å². The number of amides is 1. The Balaban J connectivity index is 2.37. The van der Waals surface area contributed by atoms with Crippen molar-refractivity contribution in [2.75, 3.05) is 11.9 Å². The molecule has 6 nitrogen and oxygen atoms in total. The summed E-state index contributed by atoms with van der Waals surface area (Å²) in [4.78, 5) is 16.5. The Hall–Kier alpha value is -2.55. The molecule has 0 aliphatic rings. The summed E-state index contributed by atoms with van der Waals surface area (Å²) >= 11 is 0. The van der Waals surface area contributed by atoms with Crippen LogP contribution in [0.1, 0.15) is 32.3 Å². The van der Waals surface area contributed by atoms with E-state index in [1.165, 1.54) is 0 Å². The Kier molecular flexibility index (Phi) is 6.75. The van der Waals surface area contributed by atoms with E-state index in [1.807, 2.05) is 6.07 Å². The normalized spacial score (nSPS) is 11.0. The van der Waals surface area contributed by atoms with E-state index in [1.54, 1.807) is 24.3 Å². The van der Waals surface area contributed by atoms with E-state index in [0.29, 0.717) is 29.4 Å². The molecular weight excluding hydrogens is 268 g/mol. The van der Waals surface area contributed by atoms with Gasteiger partial charge in [0.25, 0.3) is 5.91 Å². The number of oxime groups is 1. The molecule has 0 aliphatic heterocycles. The zero-order chi connectivity index (χ0) is 15.7. The van der Waals surface area contributed by atoms with E-state index in [0.717, 1.165) is 6.42 Å². The van der Waals surface area contributed by atoms with Crippen molar-refractivity contribution in [3.8, 4) is 6.07 Å². The van der Waals surface area contributed by atoms with E-state index >= 15 is 0 Å². The van der Waals surface area contributed by atoms with Crippen LogP contribution in [0.2, 0.25) is 0 Å². The molecule has 1 aromatic rings. The lowest BCUT2D eigenvalue weighted by Crippen LogP contribution is -2.19. The second kappa shape index (κ2) is 8.59. The molecule has 0 saturated heterocycles. The van der Waals surface area contributed by atoms with Gasteiger partial charge in [-0.25, -0.2) is 0 Å². The van der Waals surface area contributed by atoms with E-state index < -0.39 is 0 Å². The molecule has 0 aliphatic carbocycles. The van der Waals surface area contributed by atoms with Crippen molar-refractivity contribution in [3.05, 3.63) is 29.8 Å². The van der Waals surface area contributed by atoms with Gasteiger partial charge in [-0.05, 0) is 30.5 Å². The van der Waals surface area contributed by atoms with Crippen molar-refractivity contribution in [2.24, 2.45) is 16.8 Å². The van der Waals surface area contributed by atoms with E-state index in [9.17, 15) is 4.79 Å².